The number of benzene rings is 3. The standard InChI is InChI=1S/C32H27N3O8S/c1-4-42-31(39)29-19(3)33-32(44-29)34-26(21-10-7-11-23(16-21)35(40)41)25(28(37)30(34)38)27(36)20-12-14-24(15-13-20)43-17-22-9-6-5-8-18(22)2/h5-16,26,36H,4,17H2,1-3H3. The van der Waals surface area contributed by atoms with Crippen LogP contribution in [-0.4, -0.2) is 39.3 Å². The van der Waals surface area contributed by atoms with Crippen molar-refractivity contribution in [2.24, 2.45) is 0 Å². The van der Waals surface area contributed by atoms with Crippen LogP contribution in [0.5, 0.6) is 5.75 Å². The van der Waals surface area contributed by atoms with Gasteiger partial charge in [0.2, 0.25) is 0 Å². The fraction of sp³-hybridized carbons (Fsp3) is 0.188. The summed E-state index contributed by atoms with van der Waals surface area (Å²) in [6.45, 7) is 5.65. The zero-order chi connectivity index (χ0) is 31.5. The van der Waals surface area contributed by atoms with Crippen LogP contribution in [0.2, 0.25) is 0 Å². The molecule has 12 heteroatoms. The summed E-state index contributed by atoms with van der Waals surface area (Å²) in [4.78, 5) is 56.0. The second-order valence-corrected chi connectivity index (χ2v) is 10.9. The number of amides is 1. The Kier molecular flexibility index (Phi) is 8.54. The fourth-order valence-corrected chi connectivity index (χ4v) is 5.81. The first-order valence-electron chi connectivity index (χ1n) is 13.6. The first kappa shape index (κ1) is 30.1. The maximum atomic E-state index is 13.5. The number of aliphatic hydroxyl groups excluding tert-OH is 1. The highest BCUT2D eigenvalue weighted by atomic mass is 32.1. The fourth-order valence-electron chi connectivity index (χ4n) is 4.82. The monoisotopic (exact) mass is 613 g/mol. The summed E-state index contributed by atoms with van der Waals surface area (Å²) in [7, 11) is 0. The van der Waals surface area contributed by atoms with Gasteiger partial charge in [0.05, 0.1) is 28.8 Å². The summed E-state index contributed by atoms with van der Waals surface area (Å²) in [5.41, 5.74) is 2.25. The zero-order valence-electron chi connectivity index (χ0n) is 24.0. The summed E-state index contributed by atoms with van der Waals surface area (Å²) < 4.78 is 11.0. The Morgan fingerprint density at radius 3 is 2.48 bits per heavy atom. The van der Waals surface area contributed by atoms with Gasteiger partial charge in [-0.25, -0.2) is 9.78 Å². The number of ether oxygens (including phenoxy) is 2. The molecule has 1 saturated heterocycles. The SMILES string of the molecule is CCOC(=O)c1sc(N2C(=O)C(=O)C(=C(O)c3ccc(OCc4ccccc4C)cc3)C2c2cccc([N+](=O)[O-])c2)nc1C. The Hall–Kier alpha value is -5.36. The van der Waals surface area contributed by atoms with Crippen molar-refractivity contribution < 1.29 is 33.9 Å². The lowest BCUT2D eigenvalue weighted by atomic mass is 9.95. The lowest BCUT2D eigenvalue weighted by molar-refractivity contribution is -0.384. The molecule has 3 aromatic carbocycles. The van der Waals surface area contributed by atoms with Gasteiger partial charge in [0.15, 0.2) is 5.13 Å². The van der Waals surface area contributed by atoms with Crippen LogP contribution in [0.25, 0.3) is 5.76 Å². The number of aromatic nitrogens is 1. The van der Waals surface area contributed by atoms with E-state index in [2.05, 4.69) is 4.98 Å². The molecule has 1 fully saturated rings. The van der Waals surface area contributed by atoms with Gasteiger partial charge in [0, 0.05) is 17.7 Å². The Morgan fingerprint density at radius 1 is 1.07 bits per heavy atom. The predicted octanol–water partition coefficient (Wildman–Crippen LogP) is 6.05. The number of anilines is 1. The van der Waals surface area contributed by atoms with Crippen LogP contribution in [0.15, 0.2) is 78.4 Å². The van der Waals surface area contributed by atoms with Crippen molar-refractivity contribution in [3.8, 4) is 5.75 Å². The Bertz CT molecular complexity index is 1810. The number of carbonyl (C=O) groups is 3. The van der Waals surface area contributed by atoms with Crippen LogP contribution in [0.3, 0.4) is 0 Å². The van der Waals surface area contributed by atoms with Crippen LogP contribution in [0.1, 0.15) is 50.6 Å². The van der Waals surface area contributed by atoms with Crippen molar-refractivity contribution in [2.45, 2.75) is 33.4 Å². The number of non-ortho nitro benzene ring substituents is 1. The number of esters is 1. The average molecular weight is 614 g/mol. The molecule has 0 saturated carbocycles. The molecule has 0 spiro atoms. The van der Waals surface area contributed by atoms with Gasteiger partial charge in [-0.2, -0.15) is 0 Å². The molecule has 4 aromatic rings. The number of Topliss-reactive ketones (excluding diaryl/α,β-unsaturated/α-hetero) is 1. The molecular formula is C32H27N3O8S. The van der Waals surface area contributed by atoms with Gasteiger partial charge in [-0.3, -0.25) is 24.6 Å². The molecule has 2 heterocycles. The van der Waals surface area contributed by atoms with Gasteiger partial charge in [-0.15, -0.1) is 0 Å². The van der Waals surface area contributed by atoms with Crippen LogP contribution >= 0.6 is 11.3 Å². The Balaban J connectivity index is 1.56. The Labute approximate surface area is 256 Å². The number of aryl methyl sites for hydroxylation is 2. The molecule has 1 aliphatic rings. The van der Waals surface area contributed by atoms with E-state index >= 15 is 0 Å². The quantitative estimate of drug-likeness (QED) is 0.0594. The molecule has 1 N–H and O–H groups in total. The van der Waals surface area contributed by atoms with E-state index in [4.69, 9.17) is 9.47 Å². The Morgan fingerprint density at radius 2 is 1.80 bits per heavy atom. The first-order chi connectivity index (χ1) is 21.1. The molecule has 1 unspecified atom stereocenters. The molecule has 1 atom stereocenters. The van der Waals surface area contributed by atoms with Crippen molar-refractivity contribution in [1.29, 1.82) is 0 Å². The van der Waals surface area contributed by atoms with E-state index in [-0.39, 0.29) is 44.7 Å². The van der Waals surface area contributed by atoms with Crippen molar-refractivity contribution >= 4 is 45.6 Å². The number of hydrogen-bond acceptors (Lipinski definition) is 10. The van der Waals surface area contributed by atoms with Crippen LogP contribution < -0.4 is 9.64 Å². The number of nitro groups is 1. The van der Waals surface area contributed by atoms with E-state index < -0.39 is 34.4 Å². The summed E-state index contributed by atoms with van der Waals surface area (Å²) >= 11 is 0.848. The average Bonchev–Trinajstić information content (AvgIpc) is 3.53. The maximum Gasteiger partial charge on any atom is 0.350 e. The maximum absolute atomic E-state index is 13.5. The number of rotatable bonds is 9. The van der Waals surface area contributed by atoms with Crippen molar-refractivity contribution in [1.82, 2.24) is 4.98 Å². The molecule has 0 radical (unpaired) electrons. The van der Waals surface area contributed by atoms with Gasteiger partial charge in [-0.05, 0) is 61.7 Å². The van der Waals surface area contributed by atoms with Gasteiger partial charge >= 0.3 is 11.9 Å². The van der Waals surface area contributed by atoms with E-state index in [1.165, 1.54) is 24.3 Å². The van der Waals surface area contributed by atoms with Gasteiger partial charge in [0.1, 0.15) is 23.0 Å². The van der Waals surface area contributed by atoms with Crippen molar-refractivity contribution in [2.75, 3.05) is 11.5 Å². The van der Waals surface area contributed by atoms with Crippen molar-refractivity contribution in [3.05, 3.63) is 121 Å². The minimum absolute atomic E-state index is 0.00293. The normalized spacial score (nSPS) is 15.8. The van der Waals surface area contributed by atoms with Gasteiger partial charge < -0.3 is 14.6 Å². The van der Waals surface area contributed by atoms with Crippen LogP contribution in [-0.2, 0) is 20.9 Å². The molecule has 0 bridgehead atoms. The third-order valence-corrected chi connectivity index (χ3v) is 8.21. The smallest absolute Gasteiger partial charge is 0.350 e. The first-order valence-corrected chi connectivity index (χ1v) is 14.4. The molecular weight excluding hydrogens is 586 g/mol. The number of carbonyl (C=O) groups excluding carboxylic acids is 3. The second kappa shape index (κ2) is 12.5. The number of nitro benzene ring substituents is 1. The minimum atomic E-state index is -1.27. The summed E-state index contributed by atoms with van der Waals surface area (Å²) in [5.74, 6) is -2.62. The summed E-state index contributed by atoms with van der Waals surface area (Å²) in [5, 5.41) is 23.0. The van der Waals surface area contributed by atoms with E-state index in [1.807, 2.05) is 31.2 Å². The number of hydrogen-bond donors (Lipinski definition) is 1. The van der Waals surface area contributed by atoms with E-state index in [9.17, 15) is 29.6 Å². The molecule has 11 nitrogen and oxygen atoms in total. The largest absolute Gasteiger partial charge is 0.507 e. The molecule has 1 aliphatic heterocycles. The summed E-state index contributed by atoms with van der Waals surface area (Å²) in [6, 6.07) is 18.3. The summed E-state index contributed by atoms with van der Waals surface area (Å²) in [6.07, 6.45) is 0. The molecule has 0 aliphatic carbocycles. The minimum Gasteiger partial charge on any atom is -0.507 e. The highest BCUT2D eigenvalue weighted by Gasteiger charge is 2.48. The number of thiazole rings is 1. The number of aliphatic hydroxyl groups is 1. The third-order valence-electron chi connectivity index (χ3n) is 7.08. The van der Waals surface area contributed by atoms with Crippen LogP contribution in [0, 0.1) is 24.0 Å². The molecule has 1 aromatic heterocycles. The second-order valence-electron chi connectivity index (χ2n) is 9.89. The zero-order valence-corrected chi connectivity index (χ0v) is 24.8. The van der Waals surface area contributed by atoms with Crippen LogP contribution in [0.4, 0.5) is 10.8 Å². The van der Waals surface area contributed by atoms with E-state index in [0.717, 1.165) is 27.4 Å². The van der Waals surface area contributed by atoms with E-state index in [1.54, 1.807) is 38.1 Å². The molecule has 44 heavy (non-hydrogen) atoms. The lowest BCUT2D eigenvalue weighted by Gasteiger charge is -2.22. The topological polar surface area (TPSA) is 149 Å². The highest BCUT2D eigenvalue weighted by molar-refractivity contribution is 7.17. The highest BCUT2D eigenvalue weighted by Crippen LogP contribution is 2.44. The predicted molar refractivity (Wildman–Crippen MR) is 163 cm³/mol. The van der Waals surface area contributed by atoms with E-state index in [0.29, 0.717) is 12.4 Å². The lowest BCUT2D eigenvalue weighted by Crippen LogP contribution is -2.29. The van der Waals surface area contributed by atoms with Crippen molar-refractivity contribution in [3.63, 3.8) is 0 Å². The van der Waals surface area contributed by atoms with Gasteiger partial charge in [0.25, 0.3) is 11.5 Å². The molecule has 224 valence electrons. The number of nitrogens with zero attached hydrogens (tertiary/aromatic N) is 3. The van der Waals surface area contributed by atoms with Gasteiger partial charge in [-0.1, -0.05) is 47.7 Å². The third kappa shape index (κ3) is 5.79. The number of ketones is 1. The molecule has 1 amide bonds. The molecule has 5 rings (SSSR count).